The van der Waals surface area contributed by atoms with Crippen LogP contribution in [0.3, 0.4) is 0 Å². The second-order valence-corrected chi connectivity index (χ2v) is 5.94. The second-order valence-electron chi connectivity index (χ2n) is 5.94. The molecule has 0 heterocycles. The molecule has 0 atom stereocenters. The van der Waals surface area contributed by atoms with Crippen LogP contribution in [-0.4, -0.2) is 24.3 Å². The van der Waals surface area contributed by atoms with Crippen molar-refractivity contribution in [1.29, 1.82) is 0 Å². The average Bonchev–Trinajstić information content (AvgIpc) is 2.58. The van der Waals surface area contributed by atoms with Crippen molar-refractivity contribution < 1.29 is 23.9 Å². The topological polar surface area (TPSA) is 69.7 Å². The van der Waals surface area contributed by atoms with Crippen molar-refractivity contribution in [3.8, 4) is 5.75 Å². The lowest BCUT2D eigenvalue weighted by atomic mass is 9.84. The molecular weight excluding hydrogens is 308 g/mol. The van der Waals surface area contributed by atoms with Crippen LogP contribution in [0.25, 0.3) is 0 Å². The number of hydrogen-bond donors (Lipinski definition) is 0. The highest BCUT2D eigenvalue weighted by atomic mass is 16.7. The van der Waals surface area contributed by atoms with E-state index in [0.717, 1.165) is 0 Å². The highest BCUT2D eigenvalue weighted by molar-refractivity contribution is 6.29. The maximum absolute atomic E-state index is 12.7. The van der Waals surface area contributed by atoms with Gasteiger partial charge in [-0.1, -0.05) is 50.2 Å². The molecule has 0 N–H and O–H groups in total. The molecular formula is C19H16O5. The first kappa shape index (κ1) is 15.9. The lowest BCUT2D eigenvalue weighted by Gasteiger charge is -2.19. The summed E-state index contributed by atoms with van der Waals surface area (Å²) >= 11 is 0. The van der Waals surface area contributed by atoms with Crippen molar-refractivity contribution in [3.05, 3.63) is 64.7 Å². The van der Waals surface area contributed by atoms with Crippen LogP contribution in [0.1, 0.15) is 45.7 Å². The Bertz CT molecular complexity index is 835. The molecule has 0 aromatic heterocycles. The fourth-order valence-electron chi connectivity index (χ4n) is 2.55. The zero-order valence-corrected chi connectivity index (χ0v) is 13.4. The van der Waals surface area contributed by atoms with Gasteiger partial charge in [-0.25, -0.2) is 4.79 Å². The van der Waals surface area contributed by atoms with Crippen LogP contribution < -0.4 is 4.74 Å². The van der Waals surface area contributed by atoms with E-state index in [2.05, 4.69) is 0 Å². The van der Waals surface area contributed by atoms with Crippen molar-refractivity contribution in [2.75, 3.05) is 6.61 Å². The van der Waals surface area contributed by atoms with E-state index >= 15 is 0 Å². The van der Waals surface area contributed by atoms with Crippen LogP contribution in [0.15, 0.2) is 42.5 Å². The number of hydrogen-bond acceptors (Lipinski definition) is 5. The number of ketones is 2. The van der Waals surface area contributed by atoms with E-state index in [9.17, 15) is 14.4 Å². The van der Waals surface area contributed by atoms with Gasteiger partial charge in [-0.3, -0.25) is 9.59 Å². The number of benzene rings is 2. The SMILES string of the molecule is CC(C)COC(=O)Oc1cccc2c1C(=O)c1ccccc1C2=O. The molecule has 1 aliphatic rings. The van der Waals surface area contributed by atoms with Gasteiger partial charge in [0.25, 0.3) is 0 Å². The van der Waals surface area contributed by atoms with E-state index in [1.807, 2.05) is 13.8 Å². The zero-order chi connectivity index (χ0) is 17.3. The minimum absolute atomic E-state index is 0.0362. The molecule has 2 aromatic rings. The second kappa shape index (κ2) is 6.28. The van der Waals surface area contributed by atoms with E-state index < -0.39 is 6.16 Å². The molecule has 2 aromatic carbocycles. The van der Waals surface area contributed by atoms with Crippen molar-refractivity contribution >= 4 is 17.7 Å². The van der Waals surface area contributed by atoms with E-state index in [0.29, 0.717) is 11.1 Å². The summed E-state index contributed by atoms with van der Waals surface area (Å²) in [5, 5.41) is 0. The maximum atomic E-state index is 12.7. The first-order chi connectivity index (χ1) is 11.5. The summed E-state index contributed by atoms with van der Waals surface area (Å²) in [6, 6.07) is 11.2. The molecule has 122 valence electrons. The third kappa shape index (κ3) is 2.80. The van der Waals surface area contributed by atoms with Crippen LogP contribution in [0.2, 0.25) is 0 Å². The molecule has 0 radical (unpaired) electrons. The van der Waals surface area contributed by atoms with Crippen LogP contribution in [0, 0.1) is 5.92 Å². The Kier molecular flexibility index (Phi) is 4.16. The predicted molar refractivity (Wildman–Crippen MR) is 86.6 cm³/mol. The average molecular weight is 324 g/mol. The van der Waals surface area contributed by atoms with E-state index in [4.69, 9.17) is 9.47 Å². The third-order valence-electron chi connectivity index (χ3n) is 3.64. The zero-order valence-electron chi connectivity index (χ0n) is 13.4. The van der Waals surface area contributed by atoms with Gasteiger partial charge >= 0.3 is 6.16 Å². The normalized spacial score (nSPS) is 12.6. The fraction of sp³-hybridized carbons (Fsp3) is 0.211. The molecule has 0 bridgehead atoms. The van der Waals surface area contributed by atoms with Crippen molar-refractivity contribution in [2.24, 2.45) is 5.92 Å². The molecule has 0 spiro atoms. The molecule has 0 unspecified atom stereocenters. The minimum atomic E-state index is -0.892. The van der Waals surface area contributed by atoms with Gasteiger partial charge in [-0.15, -0.1) is 0 Å². The van der Waals surface area contributed by atoms with Gasteiger partial charge in [0.1, 0.15) is 5.75 Å². The number of carbonyl (C=O) groups excluding carboxylic acids is 3. The minimum Gasteiger partial charge on any atom is -0.434 e. The van der Waals surface area contributed by atoms with Gasteiger partial charge in [-0.2, -0.15) is 0 Å². The highest BCUT2D eigenvalue weighted by Gasteiger charge is 2.32. The molecule has 0 fully saturated rings. The molecule has 0 saturated carbocycles. The lowest BCUT2D eigenvalue weighted by molar-refractivity contribution is 0.0870. The Morgan fingerprint density at radius 1 is 0.917 bits per heavy atom. The quantitative estimate of drug-likeness (QED) is 0.543. The number of rotatable bonds is 3. The van der Waals surface area contributed by atoms with Crippen molar-refractivity contribution in [2.45, 2.75) is 13.8 Å². The van der Waals surface area contributed by atoms with Crippen LogP contribution in [-0.2, 0) is 4.74 Å². The Morgan fingerprint density at radius 3 is 2.21 bits per heavy atom. The third-order valence-corrected chi connectivity index (χ3v) is 3.64. The summed E-state index contributed by atoms with van der Waals surface area (Å²) < 4.78 is 10.1. The summed E-state index contributed by atoms with van der Waals surface area (Å²) in [4.78, 5) is 37.1. The molecule has 5 heteroatoms. The first-order valence-electron chi connectivity index (χ1n) is 7.65. The van der Waals surface area contributed by atoms with E-state index in [1.54, 1.807) is 36.4 Å². The first-order valence-corrected chi connectivity index (χ1v) is 7.65. The number of fused-ring (bicyclic) bond motifs is 2. The summed E-state index contributed by atoms with van der Waals surface area (Å²) in [7, 11) is 0. The van der Waals surface area contributed by atoms with Gasteiger partial charge in [0.2, 0.25) is 0 Å². The predicted octanol–water partition coefficient (Wildman–Crippen LogP) is 3.63. The largest absolute Gasteiger partial charge is 0.513 e. The van der Waals surface area contributed by atoms with Gasteiger partial charge in [0, 0.05) is 16.7 Å². The summed E-state index contributed by atoms with van der Waals surface area (Å²) in [5.74, 6) is -0.403. The van der Waals surface area contributed by atoms with Crippen LogP contribution in [0.5, 0.6) is 5.75 Å². The van der Waals surface area contributed by atoms with Gasteiger partial charge in [0.05, 0.1) is 12.2 Å². The van der Waals surface area contributed by atoms with Gasteiger partial charge in [-0.05, 0) is 12.0 Å². The monoisotopic (exact) mass is 324 g/mol. The number of carbonyl (C=O) groups is 3. The molecule has 3 rings (SSSR count). The standard InChI is InChI=1S/C19H16O5/c1-11(2)10-23-19(22)24-15-9-5-8-14-16(15)18(21)13-7-4-3-6-12(13)17(14)20/h3-9,11H,10H2,1-2H3. The molecule has 0 aliphatic heterocycles. The fourth-order valence-corrected chi connectivity index (χ4v) is 2.55. The molecule has 0 saturated heterocycles. The Morgan fingerprint density at radius 2 is 1.54 bits per heavy atom. The van der Waals surface area contributed by atoms with Crippen molar-refractivity contribution in [1.82, 2.24) is 0 Å². The van der Waals surface area contributed by atoms with Crippen LogP contribution in [0.4, 0.5) is 4.79 Å². The van der Waals surface area contributed by atoms with E-state index in [-0.39, 0.29) is 41.0 Å². The molecule has 1 aliphatic carbocycles. The number of ether oxygens (including phenoxy) is 2. The van der Waals surface area contributed by atoms with Crippen molar-refractivity contribution in [3.63, 3.8) is 0 Å². The Balaban J connectivity index is 1.97. The smallest absolute Gasteiger partial charge is 0.434 e. The summed E-state index contributed by atoms with van der Waals surface area (Å²) in [6.07, 6.45) is -0.892. The van der Waals surface area contributed by atoms with Gasteiger partial charge < -0.3 is 9.47 Å². The van der Waals surface area contributed by atoms with Gasteiger partial charge in [0.15, 0.2) is 11.6 Å². The van der Waals surface area contributed by atoms with Crippen LogP contribution >= 0.6 is 0 Å². The Hall–Kier alpha value is -2.95. The lowest BCUT2D eigenvalue weighted by Crippen LogP contribution is -2.23. The summed E-state index contributed by atoms with van der Waals surface area (Å²) in [5.41, 5.74) is 0.992. The molecule has 5 nitrogen and oxygen atoms in total. The van der Waals surface area contributed by atoms with E-state index in [1.165, 1.54) is 6.07 Å². The Labute approximate surface area is 139 Å². The maximum Gasteiger partial charge on any atom is 0.513 e. The molecule has 0 amide bonds. The molecule has 24 heavy (non-hydrogen) atoms. The highest BCUT2D eigenvalue weighted by Crippen LogP contribution is 2.33. The summed E-state index contributed by atoms with van der Waals surface area (Å²) in [6.45, 7) is 4.01.